The van der Waals surface area contributed by atoms with Gasteiger partial charge in [-0.2, -0.15) is 0 Å². The van der Waals surface area contributed by atoms with Gasteiger partial charge < -0.3 is 15.0 Å². The number of carbonyl (C=O) groups is 2. The molecule has 2 rings (SSSR count). The number of rotatable bonds is 3. The maximum absolute atomic E-state index is 11.7. The van der Waals surface area contributed by atoms with Crippen LogP contribution in [0.4, 0.5) is 0 Å². The number of likely N-dealkylation sites (tertiary alicyclic amines) is 1. The van der Waals surface area contributed by atoms with Crippen molar-refractivity contribution >= 4 is 11.9 Å². The zero-order valence-corrected chi connectivity index (χ0v) is 12.1. The molecular formula is C14H24N2O3. The van der Waals surface area contributed by atoms with Crippen LogP contribution >= 0.6 is 0 Å². The lowest BCUT2D eigenvalue weighted by molar-refractivity contribution is -0.152. The van der Waals surface area contributed by atoms with Crippen molar-refractivity contribution in [1.82, 2.24) is 10.2 Å². The minimum Gasteiger partial charge on any atom is -0.469 e. The first-order valence-electron chi connectivity index (χ1n) is 7.02. The van der Waals surface area contributed by atoms with Crippen molar-refractivity contribution in [1.29, 1.82) is 0 Å². The minimum absolute atomic E-state index is 0.161. The van der Waals surface area contributed by atoms with Gasteiger partial charge in [0.05, 0.1) is 12.5 Å². The lowest BCUT2D eigenvalue weighted by Gasteiger charge is -2.43. The Morgan fingerprint density at radius 1 is 1.47 bits per heavy atom. The van der Waals surface area contributed by atoms with Crippen LogP contribution in [-0.4, -0.2) is 49.6 Å². The third kappa shape index (κ3) is 3.26. The van der Waals surface area contributed by atoms with E-state index in [1.807, 2.05) is 13.8 Å². The first-order chi connectivity index (χ1) is 8.92. The highest BCUT2D eigenvalue weighted by Crippen LogP contribution is 2.28. The molecule has 0 aromatic heterocycles. The van der Waals surface area contributed by atoms with Gasteiger partial charge in [-0.15, -0.1) is 0 Å². The summed E-state index contributed by atoms with van der Waals surface area (Å²) in [6.07, 6.45) is 2.58. The molecule has 0 spiro atoms. The fourth-order valence-corrected chi connectivity index (χ4v) is 3.23. The molecule has 2 atom stereocenters. The van der Waals surface area contributed by atoms with Crippen LogP contribution in [0.2, 0.25) is 0 Å². The molecule has 0 aliphatic carbocycles. The summed E-state index contributed by atoms with van der Waals surface area (Å²) in [4.78, 5) is 25.4. The molecule has 19 heavy (non-hydrogen) atoms. The number of nitrogens with zero attached hydrogens (tertiary/aromatic N) is 1. The topological polar surface area (TPSA) is 58.6 Å². The second kappa shape index (κ2) is 5.49. The van der Waals surface area contributed by atoms with E-state index in [1.165, 1.54) is 7.11 Å². The molecule has 5 nitrogen and oxygen atoms in total. The smallest absolute Gasteiger partial charge is 0.312 e. The normalized spacial score (nSPS) is 28.5. The van der Waals surface area contributed by atoms with Gasteiger partial charge in [0, 0.05) is 32.1 Å². The van der Waals surface area contributed by atoms with E-state index in [0.717, 1.165) is 32.5 Å². The monoisotopic (exact) mass is 268 g/mol. The van der Waals surface area contributed by atoms with E-state index in [9.17, 15) is 9.59 Å². The molecule has 5 heteroatoms. The Hall–Kier alpha value is -1.10. The highest BCUT2D eigenvalue weighted by Gasteiger charge is 2.37. The van der Waals surface area contributed by atoms with Crippen LogP contribution in [-0.2, 0) is 14.3 Å². The Labute approximate surface area is 114 Å². The molecule has 108 valence electrons. The zero-order valence-electron chi connectivity index (χ0n) is 12.1. The lowest BCUT2D eigenvalue weighted by Crippen LogP contribution is -2.55. The van der Waals surface area contributed by atoms with Crippen LogP contribution in [0.15, 0.2) is 0 Å². The summed E-state index contributed by atoms with van der Waals surface area (Å²) in [6, 6.07) is 0.332. The number of piperidine rings is 2. The number of hydrogen-bond donors (Lipinski definition) is 1. The molecule has 0 radical (unpaired) electrons. The van der Waals surface area contributed by atoms with Gasteiger partial charge in [0.1, 0.15) is 0 Å². The van der Waals surface area contributed by atoms with Gasteiger partial charge in [-0.1, -0.05) is 0 Å². The van der Waals surface area contributed by atoms with E-state index < -0.39 is 5.41 Å². The Bertz CT molecular complexity index is 368. The van der Waals surface area contributed by atoms with Crippen LogP contribution in [0.25, 0.3) is 0 Å². The molecular weight excluding hydrogens is 244 g/mol. The third-order valence-electron chi connectivity index (χ3n) is 4.26. The number of ether oxygens (including phenoxy) is 1. The van der Waals surface area contributed by atoms with Crippen molar-refractivity contribution in [3.05, 3.63) is 0 Å². The van der Waals surface area contributed by atoms with Gasteiger partial charge >= 0.3 is 5.97 Å². The number of methoxy groups -OCH3 is 1. The molecule has 0 bridgehead atoms. The second-order valence-electron chi connectivity index (χ2n) is 6.37. The summed E-state index contributed by atoms with van der Waals surface area (Å²) in [7, 11) is 1.44. The van der Waals surface area contributed by atoms with E-state index in [0.29, 0.717) is 18.4 Å². The molecule has 2 aliphatic heterocycles. The van der Waals surface area contributed by atoms with E-state index in [2.05, 4.69) is 10.2 Å². The predicted octanol–water partition coefficient (Wildman–Crippen LogP) is 0.786. The van der Waals surface area contributed by atoms with E-state index >= 15 is 0 Å². The maximum atomic E-state index is 11.7. The maximum Gasteiger partial charge on any atom is 0.312 e. The average molecular weight is 268 g/mol. The second-order valence-corrected chi connectivity index (χ2v) is 6.37. The molecule has 0 saturated carbocycles. The van der Waals surface area contributed by atoms with Crippen LogP contribution in [0.5, 0.6) is 0 Å². The molecule has 0 aromatic rings. The van der Waals surface area contributed by atoms with Crippen LogP contribution < -0.4 is 5.32 Å². The van der Waals surface area contributed by atoms with Gasteiger partial charge in [-0.05, 0) is 32.6 Å². The Kier molecular flexibility index (Phi) is 4.13. The van der Waals surface area contributed by atoms with E-state index in [-0.39, 0.29) is 11.9 Å². The van der Waals surface area contributed by atoms with Gasteiger partial charge in [-0.3, -0.25) is 9.59 Å². The summed E-state index contributed by atoms with van der Waals surface area (Å²) in [5.74, 6) is 0.552. The third-order valence-corrected chi connectivity index (χ3v) is 4.26. The summed E-state index contributed by atoms with van der Waals surface area (Å²) < 4.78 is 4.85. The highest BCUT2D eigenvalue weighted by atomic mass is 16.5. The van der Waals surface area contributed by atoms with E-state index in [4.69, 9.17) is 4.74 Å². The zero-order chi connectivity index (χ0) is 14.0. The number of amides is 1. The molecule has 0 aromatic carbocycles. The van der Waals surface area contributed by atoms with Gasteiger partial charge in [0.25, 0.3) is 0 Å². The number of hydrogen-bond acceptors (Lipinski definition) is 4. The van der Waals surface area contributed by atoms with Crippen molar-refractivity contribution in [2.75, 3.05) is 26.7 Å². The number of carbonyl (C=O) groups excluding carboxylic acids is 2. The summed E-state index contributed by atoms with van der Waals surface area (Å²) in [6.45, 7) is 6.46. The first-order valence-corrected chi connectivity index (χ1v) is 7.02. The van der Waals surface area contributed by atoms with Crippen LogP contribution in [0.1, 0.15) is 33.1 Å². The summed E-state index contributed by atoms with van der Waals surface area (Å²) in [5, 5.41) is 3.08. The predicted molar refractivity (Wildman–Crippen MR) is 71.5 cm³/mol. The van der Waals surface area contributed by atoms with Gasteiger partial charge in [0.2, 0.25) is 5.91 Å². The molecule has 2 unspecified atom stereocenters. The van der Waals surface area contributed by atoms with Crippen molar-refractivity contribution in [2.24, 2.45) is 11.3 Å². The van der Waals surface area contributed by atoms with Crippen LogP contribution in [0, 0.1) is 11.3 Å². The number of fused-ring (bicyclic) bond motifs is 1. The molecule has 2 saturated heterocycles. The molecule has 2 fully saturated rings. The number of esters is 1. The molecule has 1 amide bonds. The SMILES string of the molecule is COC(=O)C(C)(C)CN1CCC2NC(=O)CCC2C1. The summed E-state index contributed by atoms with van der Waals surface area (Å²) >= 11 is 0. The van der Waals surface area contributed by atoms with Crippen molar-refractivity contribution in [3.8, 4) is 0 Å². The van der Waals surface area contributed by atoms with E-state index in [1.54, 1.807) is 0 Å². The van der Waals surface area contributed by atoms with Crippen molar-refractivity contribution in [2.45, 2.75) is 39.2 Å². The Morgan fingerprint density at radius 3 is 2.89 bits per heavy atom. The fourth-order valence-electron chi connectivity index (χ4n) is 3.23. The quantitative estimate of drug-likeness (QED) is 0.769. The van der Waals surface area contributed by atoms with Gasteiger partial charge in [-0.25, -0.2) is 0 Å². The minimum atomic E-state index is -0.473. The van der Waals surface area contributed by atoms with Crippen LogP contribution in [0.3, 0.4) is 0 Å². The number of nitrogens with one attached hydrogen (secondary N) is 1. The van der Waals surface area contributed by atoms with Crippen molar-refractivity contribution in [3.63, 3.8) is 0 Å². The molecule has 2 heterocycles. The molecule has 2 aliphatic rings. The summed E-state index contributed by atoms with van der Waals surface area (Å²) in [5.41, 5.74) is -0.473. The van der Waals surface area contributed by atoms with Crippen molar-refractivity contribution < 1.29 is 14.3 Å². The standard InChI is InChI=1S/C14H24N2O3/c1-14(2,13(18)19-3)9-16-7-6-11-10(8-16)4-5-12(17)15-11/h10-11H,4-9H2,1-3H3,(H,15,17). The van der Waals surface area contributed by atoms with Gasteiger partial charge in [0.15, 0.2) is 0 Å². The Morgan fingerprint density at radius 2 is 2.21 bits per heavy atom. The fraction of sp³-hybridized carbons (Fsp3) is 0.857. The largest absolute Gasteiger partial charge is 0.469 e. The lowest BCUT2D eigenvalue weighted by atomic mass is 9.83. The average Bonchev–Trinajstić information content (AvgIpc) is 2.37. The highest BCUT2D eigenvalue weighted by molar-refractivity contribution is 5.77. The Balaban J connectivity index is 1.91. The molecule has 1 N–H and O–H groups in total. The first kappa shape index (κ1) is 14.3.